The Morgan fingerprint density at radius 3 is 2.62 bits per heavy atom. The van der Waals surface area contributed by atoms with Gasteiger partial charge in [-0.15, -0.1) is 0 Å². The number of carboxylic acids is 1. The molecule has 0 atom stereocenters. The molecule has 0 aromatic carbocycles. The van der Waals surface area contributed by atoms with Crippen molar-refractivity contribution in [2.45, 2.75) is 40.0 Å². The highest BCUT2D eigenvalue weighted by Crippen LogP contribution is 2.26. The molecule has 7 nitrogen and oxygen atoms in total. The zero-order valence-corrected chi connectivity index (χ0v) is 12.5. The van der Waals surface area contributed by atoms with Crippen molar-refractivity contribution in [3.63, 3.8) is 0 Å². The summed E-state index contributed by atoms with van der Waals surface area (Å²) < 4.78 is 0. The Balaban J connectivity index is 2.50. The minimum atomic E-state index is -0.788. The number of nitro groups is 1. The maximum atomic E-state index is 10.7. The molecule has 0 saturated carbocycles. The maximum Gasteiger partial charge on any atom is 0.303 e. The van der Waals surface area contributed by atoms with Gasteiger partial charge in [-0.25, -0.2) is 4.98 Å². The fraction of sp³-hybridized carbons (Fsp3) is 0.571. The fourth-order valence-corrected chi connectivity index (χ4v) is 1.94. The summed E-state index contributed by atoms with van der Waals surface area (Å²) in [6.45, 7) is 6.27. The van der Waals surface area contributed by atoms with Crippen LogP contribution in [-0.4, -0.2) is 27.5 Å². The van der Waals surface area contributed by atoms with Gasteiger partial charge in [0.15, 0.2) is 0 Å². The van der Waals surface area contributed by atoms with Gasteiger partial charge in [-0.05, 0) is 31.2 Å². The van der Waals surface area contributed by atoms with E-state index in [1.54, 1.807) is 13.0 Å². The molecule has 1 aromatic heterocycles. The minimum Gasteiger partial charge on any atom is -0.481 e. The van der Waals surface area contributed by atoms with Crippen molar-refractivity contribution in [2.24, 2.45) is 5.41 Å². The van der Waals surface area contributed by atoms with Crippen LogP contribution in [0.3, 0.4) is 0 Å². The summed E-state index contributed by atoms with van der Waals surface area (Å²) in [5, 5.41) is 22.5. The van der Waals surface area contributed by atoms with Crippen LogP contribution < -0.4 is 5.32 Å². The molecule has 116 valence electrons. The standard InChI is InChI=1S/C14H21N3O4/c1-10-11(17(20)21)4-5-12(16-10)15-9-8-14(2,3)7-6-13(18)19/h4-5H,6-9H2,1-3H3,(H,15,16)(H,18,19). The summed E-state index contributed by atoms with van der Waals surface area (Å²) in [6, 6.07) is 3.01. The van der Waals surface area contributed by atoms with E-state index in [1.807, 2.05) is 13.8 Å². The van der Waals surface area contributed by atoms with Crippen molar-refractivity contribution in [1.29, 1.82) is 0 Å². The molecule has 0 fully saturated rings. The molecule has 0 radical (unpaired) electrons. The number of aliphatic carboxylic acids is 1. The lowest BCUT2D eigenvalue weighted by atomic mass is 9.84. The lowest BCUT2D eigenvalue weighted by Crippen LogP contribution is -2.18. The van der Waals surface area contributed by atoms with Gasteiger partial charge >= 0.3 is 5.97 Å². The van der Waals surface area contributed by atoms with Crippen LogP contribution in [0.1, 0.15) is 38.8 Å². The van der Waals surface area contributed by atoms with Crippen LogP contribution in [0.15, 0.2) is 12.1 Å². The molecule has 7 heteroatoms. The predicted octanol–water partition coefficient (Wildman–Crippen LogP) is 2.99. The first kappa shape index (κ1) is 16.9. The first-order valence-electron chi connectivity index (χ1n) is 6.79. The molecule has 0 amide bonds. The first-order valence-corrected chi connectivity index (χ1v) is 6.79. The Morgan fingerprint density at radius 1 is 1.43 bits per heavy atom. The third kappa shape index (κ3) is 5.76. The molecule has 1 aromatic rings. The number of carbonyl (C=O) groups is 1. The molecule has 1 heterocycles. The first-order chi connectivity index (χ1) is 9.71. The molecule has 0 saturated heterocycles. The van der Waals surface area contributed by atoms with Gasteiger partial charge in [0.25, 0.3) is 5.69 Å². The number of carboxylic acid groups (broad SMARTS) is 1. The number of anilines is 1. The molecule has 21 heavy (non-hydrogen) atoms. The topological polar surface area (TPSA) is 105 Å². The summed E-state index contributed by atoms with van der Waals surface area (Å²) in [5.74, 6) is -0.198. The van der Waals surface area contributed by atoms with E-state index in [-0.39, 0.29) is 17.5 Å². The van der Waals surface area contributed by atoms with E-state index in [2.05, 4.69) is 10.3 Å². The number of aryl methyl sites for hydroxylation is 1. The molecule has 0 aliphatic carbocycles. The molecule has 2 N–H and O–H groups in total. The third-order valence-corrected chi connectivity index (χ3v) is 3.38. The quantitative estimate of drug-likeness (QED) is 0.564. The van der Waals surface area contributed by atoms with Gasteiger partial charge in [0.2, 0.25) is 0 Å². The Kier molecular flexibility index (Phi) is 5.63. The zero-order chi connectivity index (χ0) is 16.0. The van der Waals surface area contributed by atoms with Gasteiger partial charge in [0.05, 0.1) is 4.92 Å². The van der Waals surface area contributed by atoms with Gasteiger partial charge in [-0.1, -0.05) is 13.8 Å². The molecule has 0 bridgehead atoms. The lowest BCUT2D eigenvalue weighted by molar-refractivity contribution is -0.385. The van der Waals surface area contributed by atoms with Crippen LogP contribution in [0.2, 0.25) is 0 Å². The van der Waals surface area contributed by atoms with E-state index in [9.17, 15) is 14.9 Å². The number of aromatic nitrogens is 1. The number of nitrogens with zero attached hydrogens (tertiary/aromatic N) is 2. The summed E-state index contributed by atoms with van der Waals surface area (Å²) in [4.78, 5) is 25.0. The number of hydrogen-bond acceptors (Lipinski definition) is 5. The van der Waals surface area contributed by atoms with Gasteiger partial charge < -0.3 is 10.4 Å². The second-order valence-corrected chi connectivity index (χ2v) is 5.79. The molecule has 1 rings (SSSR count). The van der Waals surface area contributed by atoms with E-state index in [1.165, 1.54) is 6.07 Å². The Hall–Kier alpha value is -2.18. The molecule has 0 unspecified atom stereocenters. The molecular weight excluding hydrogens is 274 g/mol. The minimum absolute atomic E-state index is 0.00216. The Labute approximate surface area is 123 Å². The number of nitrogens with one attached hydrogen (secondary N) is 1. The Bertz CT molecular complexity index is 529. The van der Waals surface area contributed by atoms with Crippen LogP contribution in [-0.2, 0) is 4.79 Å². The highest BCUT2D eigenvalue weighted by molar-refractivity contribution is 5.66. The fourth-order valence-electron chi connectivity index (χ4n) is 1.94. The number of hydrogen-bond donors (Lipinski definition) is 2. The smallest absolute Gasteiger partial charge is 0.303 e. The average Bonchev–Trinajstić information content (AvgIpc) is 2.36. The maximum absolute atomic E-state index is 10.7. The predicted molar refractivity (Wildman–Crippen MR) is 79.4 cm³/mol. The number of pyridine rings is 1. The highest BCUT2D eigenvalue weighted by Gasteiger charge is 2.19. The van der Waals surface area contributed by atoms with Gasteiger partial charge in [-0.2, -0.15) is 0 Å². The summed E-state index contributed by atoms with van der Waals surface area (Å²) in [5.41, 5.74) is 0.291. The van der Waals surface area contributed by atoms with E-state index < -0.39 is 10.9 Å². The normalized spacial score (nSPS) is 11.2. The van der Waals surface area contributed by atoms with Gasteiger partial charge in [0.1, 0.15) is 11.5 Å². The summed E-state index contributed by atoms with van der Waals surface area (Å²) in [7, 11) is 0. The Morgan fingerprint density at radius 2 is 2.10 bits per heavy atom. The van der Waals surface area contributed by atoms with Crippen LogP contribution in [0.4, 0.5) is 11.5 Å². The van der Waals surface area contributed by atoms with Gasteiger partial charge in [-0.3, -0.25) is 14.9 Å². The largest absolute Gasteiger partial charge is 0.481 e. The highest BCUT2D eigenvalue weighted by atomic mass is 16.6. The summed E-state index contributed by atoms with van der Waals surface area (Å²) >= 11 is 0. The molecule has 0 aliphatic rings. The van der Waals surface area contributed by atoms with Crippen molar-refractivity contribution in [1.82, 2.24) is 4.98 Å². The van der Waals surface area contributed by atoms with Crippen molar-refractivity contribution < 1.29 is 14.8 Å². The van der Waals surface area contributed by atoms with Crippen molar-refractivity contribution in [3.8, 4) is 0 Å². The zero-order valence-electron chi connectivity index (χ0n) is 12.5. The van der Waals surface area contributed by atoms with Crippen LogP contribution >= 0.6 is 0 Å². The van der Waals surface area contributed by atoms with Gasteiger partial charge in [0, 0.05) is 19.0 Å². The van der Waals surface area contributed by atoms with Crippen LogP contribution in [0, 0.1) is 22.5 Å². The van der Waals surface area contributed by atoms with E-state index in [4.69, 9.17) is 5.11 Å². The van der Waals surface area contributed by atoms with E-state index in [0.717, 1.165) is 6.42 Å². The van der Waals surface area contributed by atoms with Crippen LogP contribution in [0.5, 0.6) is 0 Å². The lowest BCUT2D eigenvalue weighted by Gasteiger charge is -2.24. The van der Waals surface area contributed by atoms with E-state index >= 15 is 0 Å². The van der Waals surface area contributed by atoms with Crippen molar-refractivity contribution in [2.75, 3.05) is 11.9 Å². The average molecular weight is 295 g/mol. The van der Waals surface area contributed by atoms with E-state index in [0.29, 0.717) is 24.5 Å². The third-order valence-electron chi connectivity index (χ3n) is 3.38. The number of rotatable bonds is 8. The van der Waals surface area contributed by atoms with Crippen molar-refractivity contribution >= 4 is 17.5 Å². The monoisotopic (exact) mass is 295 g/mol. The second kappa shape index (κ2) is 7.01. The second-order valence-electron chi connectivity index (χ2n) is 5.79. The van der Waals surface area contributed by atoms with Crippen LogP contribution in [0.25, 0.3) is 0 Å². The molecule has 0 aliphatic heterocycles. The SMILES string of the molecule is Cc1nc(NCCC(C)(C)CCC(=O)O)ccc1[N+](=O)[O-]. The molecular formula is C14H21N3O4. The molecule has 0 spiro atoms. The van der Waals surface area contributed by atoms with Crippen molar-refractivity contribution in [3.05, 3.63) is 27.9 Å². The summed E-state index contributed by atoms with van der Waals surface area (Å²) in [6.07, 6.45) is 1.55.